The molecule has 0 saturated heterocycles. The molecular formula is C19H33N5O. The van der Waals surface area contributed by atoms with Crippen LogP contribution in [0.1, 0.15) is 56.8 Å². The first-order valence-corrected chi connectivity index (χ1v) is 9.90. The summed E-state index contributed by atoms with van der Waals surface area (Å²) in [5, 5.41) is 7.74. The number of aryl methyl sites for hydroxylation is 1. The number of nitrogens with one attached hydrogen (secondary N) is 1. The van der Waals surface area contributed by atoms with Gasteiger partial charge in [0, 0.05) is 25.7 Å². The fraction of sp³-hybridized carbons (Fsp3) is 0.789. The molecule has 1 saturated carbocycles. The minimum absolute atomic E-state index is 0.102. The van der Waals surface area contributed by atoms with Crippen LogP contribution >= 0.6 is 0 Å². The number of carbonyl (C=O) groups excluding carboxylic acids is 1. The van der Waals surface area contributed by atoms with Crippen molar-refractivity contribution in [1.82, 2.24) is 24.9 Å². The van der Waals surface area contributed by atoms with Crippen LogP contribution in [0.4, 0.5) is 0 Å². The van der Waals surface area contributed by atoms with Crippen molar-refractivity contribution < 1.29 is 4.79 Å². The molecule has 25 heavy (non-hydrogen) atoms. The number of likely N-dealkylation sites (N-methyl/N-ethyl adjacent to an activating group) is 1. The highest BCUT2D eigenvalue weighted by atomic mass is 16.2. The number of aromatic nitrogens is 2. The average Bonchev–Trinajstić information content (AvgIpc) is 3.21. The van der Waals surface area contributed by atoms with Crippen LogP contribution in [0.25, 0.3) is 0 Å². The topological polar surface area (TPSA) is 53.4 Å². The number of nitrogens with zero attached hydrogens (tertiary/aromatic N) is 4. The average molecular weight is 348 g/mol. The van der Waals surface area contributed by atoms with Crippen LogP contribution in [-0.2, 0) is 24.4 Å². The highest BCUT2D eigenvalue weighted by Gasteiger charge is 2.21. The molecule has 0 atom stereocenters. The molecular weight excluding hydrogens is 314 g/mol. The Hall–Kier alpha value is -1.40. The van der Waals surface area contributed by atoms with Crippen molar-refractivity contribution in [2.75, 3.05) is 26.7 Å². The number of hydrogen-bond acceptors (Lipinski definition) is 4. The number of fused-ring (bicyclic) bond motifs is 1. The monoisotopic (exact) mass is 347 g/mol. The molecule has 0 bridgehead atoms. The summed E-state index contributed by atoms with van der Waals surface area (Å²) in [7, 11) is 2.07. The van der Waals surface area contributed by atoms with Crippen LogP contribution in [0.15, 0.2) is 6.07 Å². The highest BCUT2D eigenvalue weighted by molar-refractivity contribution is 5.77. The number of hydrogen-bond donors (Lipinski definition) is 1. The minimum atomic E-state index is 0.102. The van der Waals surface area contributed by atoms with E-state index >= 15 is 0 Å². The second kappa shape index (κ2) is 8.81. The lowest BCUT2D eigenvalue weighted by molar-refractivity contribution is -0.122. The predicted molar refractivity (Wildman–Crippen MR) is 99.1 cm³/mol. The highest BCUT2D eigenvalue weighted by Crippen LogP contribution is 2.22. The van der Waals surface area contributed by atoms with E-state index in [0.717, 1.165) is 38.3 Å². The van der Waals surface area contributed by atoms with Gasteiger partial charge in [0.15, 0.2) is 0 Å². The predicted octanol–water partition coefficient (Wildman–Crippen LogP) is 1.99. The molecule has 1 N–H and O–H groups in total. The summed E-state index contributed by atoms with van der Waals surface area (Å²) in [4.78, 5) is 16.9. The maximum Gasteiger partial charge on any atom is 0.234 e. The molecule has 2 heterocycles. The van der Waals surface area contributed by atoms with Crippen LogP contribution in [0.2, 0.25) is 0 Å². The van der Waals surface area contributed by atoms with Crippen molar-refractivity contribution in [3.05, 3.63) is 17.5 Å². The van der Waals surface area contributed by atoms with E-state index in [1.54, 1.807) is 0 Å². The Bertz CT molecular complexity index is 564. The maximum atomic E-state index is 12.2. The molecule has 6 heteroatoms. The zero-order chi connectivity index (χ0) is 17.6. The summed E-state index contributed by atoms with van der Waals surface area (Å²) >= 11 is 0. The van der Waals surface area contributed by atoms with Gasteiger partial charge < -0.3 is 5.32 Å². The van der Waals surface area contributed by atoms with Gasteiger partial charge in [-0.1, -0.05) is 19.8 Å². The Balaban J connectivity index is 1.48. The van der Waals surface area contributed by atoms with E-state index in [9.17, 15) is 4.79 Å². The summed E-state index contributed by atoms with van der Waals surface area (Å²) in [6.45, 7) is 7.49. The lowest BCUT2D eigenvalue weighted by Crippen LogP contribution is -2.39. The first-order chi connectivity index (χ1) is 12.2. The van der Waals surface area contributed by atoms with Crippen molar-refractivity contribution >= 4 is 5.91 Å². The van der Waals surface area contributed by atoms with Gasteiger partial charge in [0.05, 0.1) is 24.5 Å². The Kier molecular flexibility index (Phi) is 6.48. The van der Waals surface area contributed by atoms with Gasteiger partial charge in [-0.2, -0.15) is 5.10 Å². The fourth-order valence-corrected chi connectivity index (χ4v) is 4.13. The first-order valence-electron chi connectivity index (χ1n) is 9.90. The molecule has 1 aliphatic heterocycles. The molecule has 0 aromatic carbocycles. The molecule has 1 fully saturated rings. The Morgan fingerprint density at radius 1 is 1.32 bits per heavy atom. The summed E-state index contributed by atoms with van der Waals surface area (Å²) in [5.74, 6) is 0.102. The molecule has 140 valence electrons. The van der Waals surface area contributed by atoms with E-state index in [2.05, 4.69) is 39.8 Å². The third-order valence-electron chi connectivity index (χ3n) is 5.49. The zero-order valence-electron chi connectivity index (χ0n) is 15.8. The maximum absolute atomic E-state index is 12.2. The molecule has 0 spiro atoms. The van der Waals surface area contributed by atoms with Crippen molar-refractivity contribution in [2.24, 2.45) is 0 Å². The van der Waals surface area contributed by atoms with Crippen molar-refractivity contribution in [2.45, 2.75) is 71.1 Å². The molecule has 2 aliphatic rings. The van der Waals surface area contributed by atoms with Crippen LogP contribution in [-0.4, -0.2) is 58.2 Å². The minimum Gasteiger partial charge on any atom is -0.349 e. The van der Waals surface area contributed by atoms with Crippen molar-refractivity contribution in [3.63, 3.8) is 0 Å². The van der Waals surface area contributed by atoms with E-state index < -0.39 is 0 Å². The van der Waals surface area contributed by atoms with Crippen LogP contribution in [0.3, 0.4) is 0 Å². The standard InChI is InChI=1S/C19H33N5O/c1-3-9-23-10-6-11-24-18(14-23)12-16(21-24)13-20-19(25)15-22(2)17-7-4-5-8-17/h12,17H,3-11,13-15H2,1-2H3,(H,20,25). The van der Waals surface area contributed by atoms with Crippen LogP contribution in [0, 0.1) is 0 Å². The van der Waals surface area contributed by atoms with Gasteiger partial charge in [-0.25, -0.2) is 0 Å². The van der Waals surface area contributed by atoms with Crippen molar-refractivity contribution in [3.8, 4) is 0 Å². The van der Waals surface area contributed by atoms with Gasteiger partial charge >= 0.3 is 0 Å². The quantitative estimate of drug-likeness (QED) is 0.820. The van der Waals surface area contributed by atoms with Crippen molar-refractivity contribution in [1.29, 1.82) is 0 Å². The lowest BCUT2D eigenvalue weighted by Gasteiger charge is -2.23. The second-order valence-electron chi connectivity index (χ2n) is 7.61. The lowest BCUT2D eigenvalue weighted by atomic mass is 10.2. The van der Waals surface area contributed by atoms with E-state index in [1.807, 2.05) is 0 Å². The van der Waals surface area contributed by atoms with Crippen LogP contribution in [0.5, 0.6) is 0 Å². The molecule has 6 nitrogen and oxygen atoms in total. The molecule has 0 radical (unpaired) electrons. The van der Waals surface area contributed by atoms with Gasteiger partial charge in [0.25, 0.3) is 0 Å². The smallest absolute Gasteiger partial charge is 0.234 e. The van der Waals surface area contributed by atoms with E-state index in [1.165, 1.54) is 37.8 Å². The SMILES string of the molecule is CCCN1CCCn2nc(CNC(=O)CN(C)C3CCCC3)cc2C1. The second-order valence-corrected chi connectivity index (χ2v) is 7.61. The number of amides is 1. The third kappa shape index (κ3) is 5.05. The Labute approximate surface area is 151 Å². The normalized spacial score (nSPS) is 19.2. The fourth-order valence-electron chi connectivity index (χ4n) is 4.13. The van der Waals surface area contributed by atoms with E-state index in [4.69, 9.17) is 5.10 Å². The first kappa shape index (κ1) is 18.4. The van der Waals surface area contributed by atoms with Gasteiger partial charge in [0.1, 0.15) is 0 Å². The molecule has 0 unspecified atom stereocenters. The van der Waals surface area contributed by atoms with E-state index in [0.29, 0.717) is 19.1 Å². The molecule has 1 amide bonds. The molecule has 1 aromatic heterocycles. The van der Waals surface area contributed by atoms with Crippen LogP contribution < -0.4 is 5.32 Å². The summed E-state index contributed by atoms with van der Waals surface area (Å²) in [5.41, 5.74) is 2.25. The van der Waals surface area contributed by atoms with Gasteiger partial charge in [-0.05, 0) is 45.3 Å². The number of rotatable bonds is 7. The Morgan fingerprint density at radius 2 is 2.12 bits per heavy atom. The van der Waals surface area contributed by atoms with E-state index in [-0.39, 0.29) is 5.91 Å². The summed E-state index contributed by atoms with van der Waals surface area (Å²) in [6, 6.07) is 2.74. The van der Waals surface area contributed by atoms with Gasteiger partial charge in [-0.3, -0.25) is 19.3 Å². The molecule has 1 aliphatic carbocycles. The number of carbonyl (C=O) groups is 1. The largest absolute Gasteiger partial charge is 0.349 e. The zero-order valence-corrected chi connectivity index (χ0v) is 15.8. The third-order valence-corrected chi connectivity index (χ3v) is 5.49. The summed E-state index contributed by atoms with van der Waals surface area (Å²) in [6.07, 6.45) is 7.38. The molecule has 3 rings (SSSR count). The summed E-state index contributed by atoms with van der Waals surface area (Å²) < 4.78 is 2.13. The Morgan fingerprint density at radius 3 is 2.88 bits per heavy atom. The molecule has 1 aromatic rings. The van der Waals surface area contributed by atoms with Gasteiger partial charge in [-0.15, -0.1) is 0 Å². The van der Waals surface area contributed by atoms with Gasteiger partial charge in [0.2, 0.25) is 5.91 Å².